The fourth-order valence-electron chi connectivity index (χ4n) is 2.01. The number of benzene rings is 2. The highest BCUT2D eigenvalue weighted by Crippen LogP contribution is 2.18. The van der Waals surface area contributed by atoms with E-state index in [1.54, 1.807) is 19.1 Å². The van der Waals surface area contributed by atoms with Gasteiger partial charge in [-0.2, -0.15) is 0 Å². The highest BCUT2D eigenvalue weighted by Gasteiger charge is 2.15. The van der Waals surface area contributed by atoms with Crippen LogP contribution in [0, 0.1) is 0 Å². The van der Waals surface area contributed by atoms with Crippen LogP contribution in [-0.4, -0.2) is 32.2 Å². The number of amides is 1. The smallest absolute Gasteiger partial charge is 0.265 e. The molecule has 7 nitrogen and oxygen atoms in total. The van der Waals surface area contributed by atoms with Gasteiger partial charge >= 0.3 is 0 Å². The van der Waals surface area contributed by atoms with E-state index < -0.39 is 6.10 Å². The Balaban J connectivity index is 1.65. The van der Waals surface area contributed by atoms with Crippen molar-refractivity contribution in [3.8, 4) is 11.4 Å². The van der Waals surface area contributed by atoms with Crippen LogP contribution in [0.5, 0.6) is 5.75 Å². The third-order valence-electron chi connectivity index (χ3n) is 3.23. The number of nitrogens with one attached hydrogen (secondary N) is 1. The number of halogens is 1. The number of rotatable bonds is 5. The summed E-state index contributed by atoms with van der Waals surface area (Å²) in [5.74, 6) is 0.326. The third-order valence-corrected chi connectivity index (χ3v) is 3.75. The van der Waals surface area contributed by atoms with Gasteiger partial charge in [-0.1, -0.05) is 22.0 Å². The summed E-state index contributed by atoms with van der Waals surface area (Å²) in [6.07, 6.45) is 0.834. The number of nitrogens with zero attached hydrogens (tertiary/aromatic N) is 4. The summed E-state index contributed by atoms with van der Waals surface area (Å²) in [7, 11) is 0. The standard InChI is InChI=1S/C16H14BrN5O2/c1-11(16(23)19-13-7-5-12(17)6-8-13)24-15-4-2-3-14(9-15)22-10-18-20-21-22/h2-11H,1H3,(H,19,23)/t11-/m1/s1. The predicted molar refractivity (Wildman–Crippen MR) is 92.0 cm³/mol. The van der Waals surface area contributed by atoms with E-state index in [0.717, 1.165) is 10.2 Å². The molecule has 0 spiro atoms. The molecule has 122 valence electrons. The van der Waals surface area contributed by atoms with Crippen LogP contribution < -0.4 is 10.1 Å². The molecule has 0 unspecified atom stereocenters. The van der Waals surface area contributed by atoms with Crippen LogP contribution in [0.2, 0.25) is 0 Å². The summed E-state index contributed by atoms with van der Waals surface area (Å²) in [4.78, 5) is 12.2. The molecule has 0 aliphatic rings. The molecule has 0 fully saturated rings. The summed E-state index contributed by atoms with van der Waals surface area (Å²) >= 11 is 3.35. The number of hydrogen-bond donors (Lipinski definition) is 1. The molecule has 0 saturated carbocycles. The Kier molecular flexibility index (Phi) is 4.85. The van der Waals surface area contributed by atoms with Gasteiger partial charge in [0.05, 0.1) is 5.69 Å². The first-order valence-corrected chi connectivity index (χ1v) is 7.97. The zero-order chi connectivity index (χ0) is 16.9. The zero-order valence-corrected chi connectivity index (χ0v) is 14.3. The first kappa shape index (κ1) is 16.1. The molecule has 1 heterocycles. The molecule has 1 atom stereocenters. The van der Waals surface area contributed by atoms with Gasteiger partial charge < -0.3 is 10.1 Å². The van der Waals surface area contributed by atoms with E-state index in [-0.39, 0.29) is 5.91 Å². The second-order valence-electron chi connectivity index (χ2n) is 5.01. The summed E-state index contributed by atoms with van der Waals surface area (Å²) in [6, 6.07) is 14.5. The van der Waals surface area contributed by atoms with E-state index in [1.165, 1.54) is 11.0 Å². The van der Waals surface area contributed by atoms with Crippen molar-refractivity contribution in [2.24, 2.45) is 0 Å². The number of hydrogen-bond acceptors (Lipinski definition) is 5. The van der Waals surface area contributed by atoms with Crippen molar-refractivity contribution >= 4 is 27.5 Å². The average Bonchev–Trinajstić information content (AvgIpc) is 3.12. The molecule has 1 aromatic heterocycles. The Labute approximate surface area is 146 Å². The molecule has 2 aromatic carbocycles. The van der Waals surface area contributed by atoms with Gasteiger partial charge in [-0.15, -0.1) is 5.10 Å². The van der Waals surface area contributed by atoms with Gasteiger partial charge in [0.15, 0.2) is 6.10 Å². The molecule has 24 heavy (non-hydrogen) atoms. The molecule has 0 aliphatic carbocycles. The molecule has 0 radical (unpaired) electrons. The zero-order valence-electron chi connectivity index (χ0n) is 12.8. The van der Waals surface area contributed by atoms with Crippen LogP contribution in [0.3, 0.4) is 0 Å². The van der Waals surface area contributed by atoms with Crippen molar-refractivity contribution < 1.29 is 9.53 Å². The van der Waals surface area contributed by atoms with E-state index in [9.17, 15) is 4.79 Å². The number of ether oxygens (including phenoxy) is 1. The second-order valence-corrected chi connectivity index (χ2v) is 5.92. The SMILES string of the molecule is C[C@@H](Oc1cccc(-n2cnnn2)c1)C(=O)Nc1ccc(Br)cc1. The van der Waals surface area contributed by atoms with Gasteiger partial charge in [0, 0.05) is 16.2 Å². The second kappa shape index (κ2) is 7.22. The van der Waals surface area contributed by atoms with Crippen molar-refractivity contribution in [2.45, 2.75) is 13.0 Å². The molecule has 0 bridgehead atoms. The van der Waals surface area contributed by atoms with E-state index in [4.69, 9.17) is 4.74 Å². The van der Waals surface area contributed by atoms with Crippen LogP contribution in [0.25, 0.3) is 5.69 Å². The first-order chi connectivity index (χ1) is 11.6. The monoisotopic (exact) mass is 387 g/mol. The number of carbonyl (C=O) groups excluding carboxylic acids is 1. The van der Waals surface area contributed by atoms with Gasteiger partial charge in [-0.05, 0) is 53.7 Å². The number of carbonyl (C=O) groups is 1. The first-order valence-electron chi connectivity index (χ1n) is 7.18. The Morgan fingerprint density at radius 3 is 2.75 bits per heavy atom. The minimum absolute atomic E-state index is 0.231. The number of aromatic nitrogens is 4. The molecule has 8 heteroatoms. The summed E-state index contributed by atoms with van der Waals surface area (Å²) in [5.41, 5.74) is 1.46. The molecule has 3 aromatic rings. The molecular weight excluding hydrogens is 374 g/mol. The van der Waals surface area contributed by atoms with Crippen molar-refractivity contribution in [2.75, 3.05) is 5.32 Å². The maximum absolute atomic E-state index is 12.2. The lowest BCUT2D eigenvalue weighted by molar-refractivity contribution is -0.122. The van der Waals surface area contributed by atoms with Crippen molar-refractivity contribution in [3.05, 3.63) is 59.3 Å². The fraction of sp³-hybridized carbons (Fsp3) is 0.125. The predicted octanol–water partition coefficient (Wildman–Crippen LogP) is 2.83. The van der Waals surface area contributed by atoms with Crippen molar-refractivity contribution in [3.63, 3.8) is 0 Å². The van der Waals surface area contributed by atoms with Crippen LogP contribution in [-0.2, 0) is 4.79 Å². The summed E-state index contributed by atoms with van der Waals surface area (Å²) < 4.78 is 8.17. The molecular formula is C16H14BrN5O2. The van der Waals surface area contributed by atoms with Crippen molar-refractivity contribution in [1.29, 1.82) is 0 Å². The van der Waals surface area contributed by atoms with E-state index in [0.29, 0.717) is 11.4 Å². The normalized spacial score (nSPS) is 11.8. The lowest BCUT2D eigenvalue weighted by Crippen LogP contribution is -2.30. The maximum Gasteiger partial charge on any atom is 0.265 e. The lowest BCUT2D eigenvalue weighted by Gasteiger charge is -2.15. The van der Waals surface area contributed by atoms with E-state index >= 15 is 0 Å². The van der Waals surface area contributed by atoms with Crippen LogP contribution in [0.1, 0.15) is 6.92 Å². The molecule has 0 aliphatic heterocycles. The Hall–Kier alpha value is -2.74. The molecule has 1 N–H and O–H groups in total. The Morgan fingerprint density at radius 2 is 2.04 bits per heavy atom. The van der Waals surface area contributed by atoms with Crippen LogP contribution in [0.4, 0.5) is 5.69 Å². The fourth-order valence-corrected chi connectivity index (χ4v) is 2.28. The number of anilines is 1. The molecule has 0 saturated heterocycles. The Morgan fingerprint density at radius 1 is 1.25 bits per heavy atom. The van der Waals surface area contributed by atoms with Gasteiger partial charge in [-0.25, -0.2) is 4.68 Å². The van der Waals surface area contributed by atoms with Gasteiger partial charge in [0.1, 0.15) is 12.1 Å². The van der Waals surface area contributed by atoms with Crippen molar-refractivity contribution in [1.82, 2.24) is 20.2 Å². The van der Waals surface area contributed by atoms with Gasteiger partial charge in [-0.3, -0.25) is 4.79 Å². The summed E-state index contributed by atoms with van der Waals surface area (Å²) in [6.45, 7) is 1.69. The topological polar surface area (TPSA) is 81.9 Å². The van der Waals surface area contributed by atoms with E-state index in [2.05, 4.69) is 36.8 Å². The third kappa shape index (κ3) is 3.96. The average molecular weight is 388 g/mol. The largest absolute Gasteiger partial charge is 0.481 e. The van der Waals surface area contributed by atoms with Crippen LogP contribution >= 0.6 is 15.9 Å². The lowest BCUT2D eigenvalue weighted by atomic mass is 10.2. The quantitative estimate of drug-likeness (QED) is 0.727. The number of tetrazole rings is 1. The van der Waals surface area contributed by atoms with Crippen LogP contribution in [0.15, 0.2) is 59.3 Å². The van der Waals surface area contributed by atoms with E-state index in [1.807, 2.05) is 36.4 Å². The molecule has 1 amide bonds. The minimum atomic E-state index is -0.655. The highest BCUT2D eigenvalue weighted by atomic mass is 79.9. The Bertz CT molecular complexity index is 821. The highest BCUT2D eigenvalue weighted by molar-refractivity contribution is 9.10. The van der Waals surface area contributed by atoms with Gasteiger partial charge in [0.25, 0.3) is 5.91 Å². The minimum Gasteiger partial charge on any atom is -0.481 e. The maximum atomic E-state index is 12.2. The van der Waals surface area contributed by atoms with Gasteiger partial charge in [0.2, 0.25) is 0 Å². The summed E-state index contributed by atoms with van der Waals surface area (Å²) in [5, 5.41) is 13.8. The molecule has 3 rings (SSSR count).